The number of carbonyl (C=O) groups excluding carboxylic acids is 1. The van der Waals surface area contributed by atoms with Crippen LogP contribution >= 0.6 is 27.3 Å². The lowest BCUT2D eigenvalue weighted by Gasteiger charge is -2.20. The zero-order chi connectivity index (χ0) is 14.7. The molecule has 0 aromatic carbocycles. The molecule has 0 radical (unpaired) electrons. The highest BCUT2D eigenvalue weighted by molar-refractivity contribution is 9.10. The normalized spacial score (nSPS) is 12.4. The quantitative estimate of drug-likeness (QED) is 0.835. The average molecular weight is 369 g/mol. The number of sulfonamides is 1. The molecule has 0 atom stereocenters. The van der Waals surface area contributed by atoms with Crippen LogP contribution < -0.4 is 10.0 Å². The SMILES string of the molecule is CC(C)(C)NC(=O)CCNS(=O)(=O)c1sccc1Br. The molecule has 1 rings (SSSR count). The van der Waals surface area contributed by atoms with Gasteiger partial charge in [-0.3, -0.25) is 4.79 Å². The highest BCUT2D eigenvalue weighted by Gasteiger charge is 2.19. The predicted octanol–water partition coefficient (Wildman–Crippen LogP) is 2.09. The second-order valence-electron chi connectivity index (χ2n) is 5.00. The molecule has 0 saturated carbocycles. The molecule has 0 fully saturated rings. The van der Waals surface area contributed by atoms with Gasteiger partial charge in [0.2, 0.25) is 5.91 Å². The van der Waals surface area contributed by atoms with Crippen molar-refractivity contribution in [2.24, 2.45) is 0 Å². The third kappa shape index (κ3) is 5.60. The maximum atomic E-state index is 11.9. The molecule has 1 heterocycles. The van der Waals surface area contributed by atoms with Crippen LogP contribution in [0.15, 0.2) is 20.1 Å². The van der Waals surface area contributed by atoms with Gasteiger partial charge in [-0.15, -0.1) is 11.3 Å². The van der Waals surface area contributed by atoms with Crippen molar-refractivity contribution in [2.75, 3.05) is 6.54 Å². The maximum Gasteiger partial charge on any atom is 0.251 e. The number of thiophene rings is 1. The van der Waals surface area contributed by atoms with Gasteiger partial charge in [-0.05, 0) is 48.1 Å². The molecule has 0 aliphatic carbocycles. The summed E-state index contributed by atoms with van der Waals surface area (Å²) >= 11 is 4.30. The largest absolute Gasteiger partial charge is 0.351 e. The first-order valence-electron chi connectivity index (χ1n) is 5.65. The second-order valence-corrected chi connectivity index (χ2v) is 8.73. The fourth-order valence-corrected chi connectivity index (χ4v) is 4.73. The first-order valence-corrected chi connectivity index (χ1v) is 8.81. The lowest BCUT2D eigenvalue weighted by atomic mass is 10.1. The molecule has 19 heavy (non-hydrogen) atoms. The van der Waals surface area contributed by atoms with E-state index in [9.17, 15) is 13.2 Å². The zero-order valence-corrected chi connectivity index (χ0v) is 14.2. The molecule has 2 N–H and O–H groups in total. The summed E-state index contributed by atoms with van der Waals surface area (Å²) in [5, 5.41) is 4.46. The van der Waals surface area contributed by atoms with Gasteiger partial charge in [-0.2, -0.15) is 0 Å². The molecule has 8 heteroatoms. The Morgan fingerprint density at radius 2 is 2.05 bits per heavy atom. The van der Waals surface area contributed by atoms with Crippen LogP contribution in [0.5, 0.6) is 0 Å². The van der Waals surface area contributed by atoms with E-state index in [2.05, 4.69) is 26.0 Å². The third-order valence-corrected chi connectivity index (χ3v) is 6.12. The van der Waals surface area contributed by atoms with Crippen molar-refractivity contribution in [1.29, 1.82) is 0 Å². The first kappa shape index (κ1) is 16.6. The Hall–Kier alpha value is -0.440. The standard InChI is InChI=1S/C11H17BrN2O3S2/c1-11(2,3)14-9(15)4-6-13-19(16,17)10-8(12)5-7-18-10/h5,7,13H,4,6H2,1-3H3,(H,14,15). The van der Waals surface area contributed by atoms with E-state index in [-0.39, 0.29) is 28.6 Å². The molecule has 0 spiro atoms. The van der Waals surface area contributed by atoms with Crippen LogP contribution in [0.1, 0.15) is 27.2 Å². The summed E-state index contributed by atoms with van der Waals surface area (Å²) in [6.45, 7) is 5.70. The summed E-state index contributed by atoms with van der Waals surface area (Å²) in [5.74, 6) is -0.180. The number of hydrogen-bond donors (Lipinski definition) is 2. The van der Waals surface area contributed by atoms with Crippen molar-refractivity contribution in [3.63, 3.8) is 0 Å². The summed E-state index contributed by atoms with van der Waals surface area (Å²) in [7, 11) is -3.55. The van der Waals surface area contributed by atoms with Crippen LogP contribution in [0.3, 0.4) is 0 Å². The number of amides is 1. The number of rotatable bonds is 5. The van der Waals surface area contributed by atoms with Crippen molar-refractivity contribution in [3.05, 3.63) is 15.9 Å². The first-order chi connectivity index (χ1) is 8.62. The molecular weight excluding hydrogens is 352 g/mol. The van der Waals surface area contributed by atoms with E-state index in [1.54, 1.807) is 11.4 Å². The lowest BCUT2D eigenvalue weighted by Crippen LogP contribution is -2.41. The minimum Gasteiger partial charge on any atom is -0.351 e. The average Bonchev–Trinajstić information content (AvgIpc) is 2.61. The Balaban J connectivity index is 2.50. The molecule has 0 aliphatic rings. The molecule has 1 amide bonds. The van der Waals surface area contributed by atoms with Crippen LogP contribution in [0, 0.1) is 0 Å². The van der Waals surface area contributed by atoms with Crippen molar-refractivity contribution < 1.29 is 13.2 Å². The van der Waals surface area contributed by atoms with Crippen LogP contribution in [0.25, 0.3) is 0 Å². The topological polar surface area (TPSA) is 75.3 Å². The van der Waals surface area contributed by atoms with Gasteiger partial charge in [-0.1, -0.05) is 0 Å². The van der Waals surface area contributed by atoms with Gasteiger partial charge in [0.05, 0.1) is 0 Å². The fourth-order valence-electron chi connectivity index (χ4n) is 1.32. The zero-order valence-electron chi connectivity index (χ0n) is 11.0. The minimum atomic E-state index is -3.55. The van der Waals surface area contributed by atoms with E-state index < -0.39 is 10.0 Å². The highest BCUT2D eigenvalue weighted by Crippen LogP contribution is 2.27. The van der Waals surface area contributed by atoms with Gasteiger partial charge in [0.15, 0.2) is 0 Å². The number of carbonyl (C=O) groups is 1. The maximum absolute atomic E-state index is 11.9. The Kier molecular flexibility index (Phi) is 5.54. The summed E-state index contributed by atoms with van der Waals surface area (Å²) < 4.78 is 27.0. The molecule has 1 aromatic rings. The molecule has 0 aliphatic heterocycles. The summed E-state index contributed by atoms with van der Waals surface area (Å²) in [5.41, 5.74) is -0.313. The number of nitrogens with one attached hydrogen (secondary N) is 2. The lowest BCUT2D eigenvalue weighted by molar-refractivity contribution is -0.122. The monoisotopic (exact) mass is 368 g/mol. The third-order valence-electron chi connectivity index (χ3n) is 1.99. The van der Waals surface area contributed by atoms with E-state index in [0.717, 1.165) is 11.3 Å². The Labute approximate surface area is 126 Å². The summed E-state index contributed by atoms with van der Waals surface area (Å²) in [6, 6.07) is 1.67. The van der Waals surface area contributed by atoms with Crippen molar-refractivity contribution in [1.82, 2.24) is 10.0 Å². The van der Waals surface area contributed by atoms with Gasteiger partial charge >= 0.3 is 0 Å². The van der Waals surface area contributed by atoms with Crippen molar-refractivity contribution in [3.8, 4) is 0 Å². The minimum absolute atomic E-state index is 0.0780. The van der Waals surface area contributed by atoms with Crippen molar-refractivity contribution >= 4 is 43.2 Å². The molecule has 0 saturated heterocycles. The van der Waals surface area contributed by atoms with Crippen LogP contribution in [0.4, 0.5) is 0 Å². The van der Waals surface area contributed by atoms with Gasteiger partial charge in [0.25, 0.3) is 10.0 Å². The van der Waals surface area contributed by atoms with Gasteiger partial charge < -0.3 is 5.32 Å². The Morgan fingerprint density at radius 1 is 1.42 bits per heavy atom. The summed E-state index contributed by atoms with van der Waals surface area (Å²) in [6.07, 6.45) is 0.111. The molecular formula is C11H17BrN2O3S2. The molecule has 1 aromatic heterocycles. The van der Waals surface area contributed by atoms with E-state index in [1.165, 1.54) is 0 Å². The van der Waals surface area contributed by atoms with E-state index >= 15 is 0 Å². The fraction of sp³-hybridized carbons (Fsp3) is 0.545. The Bertz CT molecular complexity index is 547. The smallest absolute Gasteiger partial charge is 0.251 e. The summed E-state index contributed by atoms with van der Waals surface area (Å²) in [4.78, 5) is 11.5. The van der Waals surface area contributed by atoms with Crippen molar-refractivity contribution in [2.45, 2.75) is 36.9 Å². The van der Waals surface area contributed by atoms with Gasteiger partial charge in [0, 0.05) is 23.0 Å². The number of halogens is 1. The van der Waals surface area contributed by atoms with E-state index in [1.807, 2.05) is 20.8 Å². The Morgan fingerprint density at radius 3 is 2.53 bits per heavy atom. The van der Waals surface area contributed by atoms with Gasteiger partial charge in [0.1, 0.15) is 4.21 Å². The molecule has 5 nitrogen and oxygen atoms in total. The van der Waals surface area contributed by atoms with Crippen LogP contribution in [0.2, 0.25) is 0 Å². The number of hydrogen-bond acceptors (Lipinski definition) is 4. The van der Waals surface area contributed by atoms with Crippen LogP contribution in [-0.2, 0) is 14.8 Å². The van der Waals surface area contributed by atoms with E-state index in [4.69, 9.17) is 0 Å². The highest BCUT2D eigenvalue weighted by atomic mass is 79.9. The molecule has 108 valence electrons. The van der Waals surface area contributed by atoms with E-state index in [0.29, 0.717) is 4.47 Å². The predicted molar refractivity (Wildman–Crippen MR) is 79.7 cm³/mol. The van der Waals surface area contributed by atoms with Gasteiger partial charge in [-0.25, -0.2) is 13.1 Å². The molecule has 0 bridgehead atoms. The van der Waals surface area contributed by atoms with Crippen LogP contribution in [-0.4, -0.2) is 26.4 Å². The molecule has 0 unspecified atom stereocenters. The second kappa shape index (κ2) is 6.34.